The molecule has 0 bridgehead atoms. The molecular weight excluding hydrogens is 194 g/mol. The Hall–Kier alpha value is -1.29. The summed E-state index contributed by atoms with van der Waals surface area (Å²) in [7, 11) is 0. The van der Waals surface area contributed by atoms with E-state index in [2.05, 4.69) is 17.1 Å². The zero-order valence-electron chi connectivity index (χ0n) is 7.84. The third-order valence-electron chi connectivity index (χ3n) is 2.01. The minimum absolute atomic E-state index is 0.273. The third kappa shape index (κ3) is 1.80. The first-order valence-corrected chi connectivity index (χ1v) is 5.28. The molecule has 1 unspecified atom stereocenters. The zero-order chi connectivity index (χ0) is 9.97. The number of hydrogen-bond donors (Lipinski definition) is 1. The predicted octanol–water partition coefficient (Wildman–Crippen LogP) is 1.84. The number of hydrogen-bond acceptors (Lipinski definition) is 4. The number of benzene rings is 1. The van der Waals surface area contributed by atoms with Gasteiger partial charge in [-0.1, -0.05) is 42.1 Å². The monoisotopic (exact) mass is 205 g/mol. The summed E-state index contributed by atoms with van der Waals surface area (Å²) in [6.45, 7) is 2.08. The fraction of sp³-hybridized carbons (Fsp3) is 0.200. The summed E-state index contributed by atoms with van der Waals surface area (Å²) in [5.74, 6) is 0. The van der Waals surface area contributed by atoms with Gasteiger partial charge in [0.2, 0.25) is 0 Å². The Morgan fingerprint density at radius 2 is 1.93 bits per heavy atom. The van der Waals surface area contributed by atoms with E-state index in [0.717, 1.165) is 11.3 Å². The van der Waals surface area contributed by atoms with Crippen LogP contribution < -0.4 is 5.73 Å². The molecule has 0 saturated heterocycles. The number of thioether (sulfide) groups is 1. The lowest BCUT2D eigenvalue weighted by molar-refractivity contribution is 1.16. The maximum absolute atomic E-state index is 5.57. The second-order valence-corrected chi connectivity index (χ2v) is 4.41. The average Bonchev–Trinajstić information content (AvgIpc) is 2.19. The minimum atomic E-state index is 0.273. The topological polar surface area (TPSA) is 50.7 Å². The van der Waals surface area contributed by atoms with E-state index in [9.17, 15) is 0 Å². The van der Waals surface area contributed by atoms with Gasteiger partial charge in [0.25, 0.3) is 0 Å². The zero-order valence-corrected chi connectivity index (χ0v) is 8.66. The molecule has 1 aromatic carbocycles. The van der Waals surface area contributed by atoms with Crippen molar-refractivity contribution in [2.24, 2.45) is 15.9 Å². The van der Waals surface area contributed by atoms with Gasteiger partial charge in [0.1, 0.15) is 0 Å². The summed E-state index contributed by atoms with van der Waals surface area (Å²) in [6, 6.07) is 10.1. The predicted molar refractivity (Wildman–Crippen MR) is 61.7 cm³/mol. The SMILES string of the molecule is CC1SC(N)=NN=C1c1ccccc1. The Bertz CT molecular complexity index is 384. The van der Waals surface area contributed by atoms with Crippen molar-refractivity contribution in [1.29, 1.82) is 0 Å². The first-order valence-electron chi connectivity index (χ1n) is 4.40. The van der Waals surface area contributed by atoms with Gasteiger partial charge in [-0.2, -0.15) is 5.10 Å². The van der Waals surface area contributed by atoms with Gasteiger partial charge in [0, 0.05) is 0 Å². The third-order valence-corrected chi connectivity index (χ3v) is 2.91. The highest BCUT2D eigenvalue weighted by Gasteiger charge is 2.18. The van der Waals surface area contributed by atoms with Gasteiger partial charge in [-0.05, 0) is 12.5 Å². The lowest BCUT2D eigenvalue weighted by Gasteiger charge is -2.16. The van der Waals surface area contributed by atoms with Crippen molar-refractivity contribution in [2.75, 3.05) is 0 Å². The lowest BCUT2D eigenvalue weighted by Crippen LogP contribution is -2.23. The highest BCUT2D eigenvalue weighted by molar-refractivity contribution is 8.15. The Labute approximate surface area is 87.1 Å². The van der Waals surface area contributed by atoms with Gasteiger partial charge in [-0.15, -0.1) is 5.10 Å². The largest absolute Gasteiger partial charge is 0.377 e. The minimum Gasteiger partial charge on any atom is -0.377 e. The van der Waals surface area contributed by atoms with E-state index in [0.29, 0.717) is 5.17 Å². The normalized spacial score (nSPS) is 21.4. The van der Waals surface area contributed by atoms with Gasteiger partial charge in [-0.3, -0.25) is 0 Å². The second kappa shape index (κ2) is 3.84. The van der Waals surface area contributed by atoms with Crippen molar-refractivity contribution in [1.82, 2.24) is 0 Å². The van der Waals surface area contributed by atoms with Crippen molar-refractivity contribution in [3.05, 3.63) is 35.9 Å². The maximum Gasteiger partial charge on any atom is 0.181 e. The molecule has 1 heterocycles. The molecule has 0 spiro atoms. The summed E-state index contributed by atoms with van der Waals surface area (Å²) in [5, 5.41) is 8.82. The van der Waals surface area contributed by atoms with Crippen molar-refractivity contribution < 1.29 is 0 Å². The van der Waals surface area contributed by atoms with Crippen molar-refractivity contribution >= 4 is 22.6 Å². The summed E-state index contributed by atoms with van der Waals surface area (Å²) in [6.07, 6.45) is 0. The summed E-state index contributed by atoms with van der Waals surface area (Å²) in [4.78, 5) is 0. The van der Waals surface area contributed by atoms with E-state index in [4.69, 9.17) is 5.73 Å². The molecule has 1 aliphatic heterocycles. The van der Waals surface area contributed by atoms with Crippen LogP contribution in [0, 0.1) is 0 Å². The molecule has 1 aliphatic rings. The number of amidine groups is 1. The van der Waals surface area contributed by atoms with Crippen LogP contribution >= 0.6 is 11.8 Å². The van der Waals surface area contributed by atoms with E-state index in [1.165, 1.54) is 0 Å². The van der Waals surface area contributed by atoms with E-state index in [1.807, 2.05) is 30.3 Å². The van der Waals surface area contributed by atoms with Crippen LogP contribution in [-0.4, -0.2) is 16.1 Å². The Balaban J connectivity index is 2.35. The van der Waals surface area contributed by atoms with Crippen LogP contribution in [0.15, 0.2) is 40.5 Å². The Morgan fingerprint density at radius 1 is 1.21 bits per heavy atom. The van der Waals surface area contributed by atoms with Gasteiger partial charge < -0.3 is 5.73 Å². The highest BCUT2D eigenvalue weighted by atomic mass is 32.2. The summed E-state index contributed by atoms with van der Waals surface area (Å²) >= 11 is 1.54. The highest BCUT2D eigenvalue weighted by Crippen LogP contribution is 2.20. The lowest BCUT2D eigenvalue weighted by atomic mass is 10.1. The quantitative estimate of drug-likeness (QED) is 0.760. The molecule has 1 aromatic rings. The molecule has 0 aromatic heterocycles. The Morgan fingerprint density at radius 3 is 2.57 bits per heavy atom. The second-order valence-electron chi connectivity index (χ2n) is 3.05. The molecule has 0 saturated carbocycles. The molecule has 3 nitrogen and oxygen atoms in total. The van der Waals surface area contributed by atoms with E-state index < -0.39 is 0 Å². The van der Waals surface area contributed by atoms with Crippen LogP contribution in [0.3, 0.4) is 0 Å². The van der Waals surface area contributed by atoms with Gasteiger partial charge in [-0.25, -0.2) is 0 Å². The molecule has 14 heavy (non-hydrogen) atoms. The first kappa shape index (κ1) is 9.27. The molecule has 1 atom stereocenters. The van der Waals surface area contributed by atoms with Crippen molar-refractivity contribution in [3.8, 4) is 0 Å². The molecule has 0 radical (unpaired) electrons. The number of rotatable bonds is 1. The molecule has 2 N–H and O–H groups in total. The van der Waals surface area contributed by atoms with Gasteiger partial charge >= 0.3 is 0 Å². The molecule has 0 fully saturated rings. The maximum atomic E-state index is 5.57. The van der Waals surface area contributed by atoms with E-state index in [1.54, 1.807) is 11.8 Å². The molecule has 72 valence electrons. The fourth-order valence-electron chi connectivity index (χ4n) is 1.35. The van der Waals surface area contributed by atoms with Crippen LogP contribution in [-0.2, 0) is 0 Å². The molecule has 4 heteroatoms. The smallest absolute Gasteiger partial charge is 0.181 e. The molecule has 2 rings (SSSR count). The number of nitrogens with zero attached hydrogens (tertiary/aromatic N) is 2. The molecule has 0 aliphatic carbocycles. The molecule has 0 amide bonds. The summed E-state index contributed by atoms with van der Waals surface area (Å²) in [5.41, 5.74) is 7.68. The van der Waals surface area contributed by atoms with Crippen LogP contribution in [0.1, 0.15) is 12.5 Å². The summed E-state index contributed by atoms with van der Waals surface area (Å²) < 4.78 is 0. The van der Waals surface area contributed by atoms with E-state index >= 15 is 0 Å². The van der Waals surface area contributed by atoms with Crippen LogP contribution in [0.5, 0.6) is 0 Å². The van der Waals surface area contributed by atoms with Crippen LogP contribution in [0.25, 0.3) is 0 Å². The standard InChI is InChI=1S/C10H11N3S/c1-7-9(12-13-10(11)14-7)8-5-3-2-4-6-8/h2-7H,1H3,(H2,11,13). The van der Waals surface area contributed by atoms with Gasteiger partial charge in [0.05, 0.1) is 11.0 Å². The average molecular weight is 205 g/mol. The first-order chi connectivity index (χ1) is 6.77. The number of nitrogens with two attached hydrogens (primary N) is 1. The van der Waals surface area contributed by atoms with Crippen LogP contribution in [0.4, 0.5) is 0 Å². The Kier molecular flexibility index (Phi) is 2.54. The fourth-order valence-corrected chi connectivity index (χ4v) is 2.09. The van der Waals surface area contributed by atoms with E-state index in [-0.39, 0.29) is 5.25 Å². The van der Waals surface area contributed by atoms with Crippen LogP contribution in [0.2, 0.25) is 0 Å². The van der Waals surface area contributed by atoms with Gasteiger partial charge in [0.15, 0.2) is 5.17 Å². The molecular formula is C10H11N3S. The van der Waals surface area contributed by atoms with Crippen molar-refractivity contribution in [3.63, 3.8) is 0 Å². The van der Waals surface area contributed by atoms with Crippen molar-refractivity contribution in [2.45, 2.75) is 12.2 Å².